The molecule has 0 aliphatic rings. The van der Waals surface area contributed by atoms with Gasteiger partial charge in [-0.3, -0.25) is 20.2 Å². The van der Waals surface area contributed by atoms with Crippen molar-refractivity contribution in [2.24, 2.45) is 0 Å². The van der Waals surface area contributed by atoms with Crippen LogP contribution in [-0.4, -0.2) is 26.8 Å². The molecule has 0 aliphatic carbocycles. The zero-order chi connectivity index (χ0) is 15.9. The molecular formula is C13H14N4O3S2. The molecule has 0 saturated carbocycles. The second-order valence-electron chi connectivity index (χ2n) is 4.34. The highest BCUT2D eigenvalue weighted by Gasteiger charge is 2.13. The number of nitro groups is 1. The van der Waals surface area contributed by atoms with Crippen LogP contribution in [0, 0.1) is 10.1 Å². The quantitative estimate of drug-likeness (QED) is 0.272. The Bertz CT molecular complexity index is 675. The van der Waals surface area contributed by atoms with E-state index in [1.165, 1.54) is 35.6 Å². The van der Waals surface area contributed by atoms with Crippen LogP contribution in [0.1, 0.15) is 30.1 Å². The van der Waals surface area contributed by atoms with Crippen molar-refractivity contribution in [3.05, 3.63) is 39.9 Å². The zero-order valence-corrected chi connectivity index (χ0v) is 13.4. The Morgan fingerprint density at radius 1 is 1.45 bits per heavy atom. The van der Waals surface area contributed by atoms with Crippen molar-refractivity contribution >= 4 is 39.8 Å². The van der Waals surface area contributed by atoms with Gasteiger partial charge in [-0.1, -0.05) is 42.5 Å². The molecule has 2 rings (SSSR count). The number of carbonyl (C=O) groups is 1. The van der Waals surface area contributed by atoms with Crippen LogP contribution < -0.4 is 5.32 Å². The molecule has 0 aliphatic heterocycles. The first-order valence-electron chi connectivity index (χ1n) is 6.62. The standard InChI is InChI=1S/C13H14N4O3S2/c1-2-3-7-21-13-16-15-12(22-13)14-11(18)9-5-4-6-10(8-9)17(19)20/h4-6,8H,2-3,7H2,1H3,(H,14,15,18). The molecule has 2 aromatic rings. The van der Waals surface area contributed by atoms with Crippen molar-refractivity contribution in [2.45, 2.75) is 24.1 Å². The molecule has 9 heteroatoms. The van der Waals surface area contributed by atoms with Crippen molar-refractivity contribution in [3.63, 3.8) is 0 Å². The Balaban J connectivity index is 2.00. The summed E-state index contributed by atoms with van der Waals surface area (Å²) in [6.45, 7) is 2.12. The maximum atomic E-state index is 12.1. The van der Waals surface area contributed by atoms with Crippen molar-refractivity contribution in [1.29, 1.82) is 0 Å². The Kier molecular flexibility index (Phi) is 5.84. The van der Waals surface area contributed by atoms with Crippen LogP contribution in [0.4, 0.5) is 10.8 Å². The number of amides is 1. The van der Waals surface area contributed by atoms with E-state index in [9.17, 15) is 14.9 Å². The highest BCUT2D eigenvalue weighted by Crippen LogP contribution is 2.26. The normalized spacial score (nSPS) is 10.4. The van der Waals surface area contributed by atoms with Gasteiger partial charge < -0.3 is 0 Å². The molecule has 0 unspecified atom stereocenters. The van der Waals surface area contributed by atoms with E-state index in [1.54, 1.807) is 11.8 Å². The summed E-state index contributed by atoms with van der Waals surface area (Å²) in [4.78, 5) is 22.2. The molecule has 22 heavy (non-hydrogen) atoms. The second-order valence-corrected chi connectivity index (χ2v) is 6.66. The van der Waals surface area contributed by atoms with Crippen LogP contribution >= 0.6 is 23.1 Å². The van der Waals surface area contributed by atoms with Crippen LogP contribution in [0.5, 0.6) is 0 Å². The predicted molar refractivity (Wildman–Crippen MR) is 86.6 cm³/mol. The van der Waals surface area contributed by atoms with Gasteiger partial charge in [-0.2, -0.15) is 0 Å². The summed E-state index contributed by atoms with van der Waals surface area (Å²) in [6.07, 6.45) is 2.21. The van der Waals surface area contributed by atoms with Gasteiger partial charge in [0.05, 0.1) is 4.92 Å². The average molecular weight is 338 g/mol. The summed E-state index contributed by atoms with van der Waals surface area (Å²) in [5.74, 6) is 0.522. The Morgan fingerprint density at radius 2 is 2.27 bits per heavy atom. The first kappa shape index (κ1) is 16.4. The number of nitro benzene ring substituents is 1. The molecule has 1 aromatic carbocycles. The number of anilines is 1. The predicted octanol–water partition coefficient (Wildman–Crippen LogP) is 3.59. The van der Waals surface area contributed by atoms with E-state index in [0.29, 0.717) is 5.13 Å². The molecule has 1 amide bonds. The number of carbonyl (C=O) groups excluding carboxylic acids is 1. The lowest BCUT2D eigenvalue weighted by atomic mass is 10.2. The van der Waals surface area contributed by atoms with Crippen molar-refractivity contribution in [2.75, 3.05) is 11.1 Å². The molecule has 0 spiro atoms. The van der Waals surface area contributed by atoms with Gasteiger partial charge in [0.2, 0.25) is 5.13 Å². The minimum atomic E-state index is -0.537. The molecule has 0 bridgehead atoms. The fraction of sp³-hybridized carbons (Fsp3) is 0.308. The monoisotopic (exact) mass is 338 g/mol. The number of non-ortho nitro benzene ring substituents is 1. The molecule has 7 nitrogen and oxygen atoms in total. The molecule has 0 atom stereocenters. The Morgan fingerprint density at radius 3 is 3.00 bits per heavy atom. The number of hydrogen-bond acceptors (Lipinski definition) is 7. The molecule has 116 valence electrons. The summed E-state index contributed by atoms with van der Waals surface area (Å²) in [7, 11) is 0. The molecule has 1 heterocycles. The number of aromatic nitrogens is 2. The summed E-state index contributed by atoms with van der Waals surface area (Å²) in [6, 6.07) is 5.55. The third-order valence-electron chi connectivity index (χ3n) is 2.67. The van der Waals surface area contributed by atoms with Crippen LogP contribution in [0.2, 0.25) is 0 Å². The lowest BCUT2D eigenvalue weighted by Gasteiger charge is -2.00. The molecule has 1 aromatic heterocycles. The lowest BCUT2D eigenvalue weighted by Crippen LogP contribution is -2.11. The SMILES string of the molecule is CCCCSc1nnc(NC(=O)c2cccc([N+](=O)[O-])c2)s1. The Labute approximate surface area is 135 Å². The van der Waals surface area contributed by atoms with Gasteiger partial charge in [0, 0.05) is 23.4 Å². The molecular weight excluding hydrogens is 324 g/mol. The van der Waals surface area contributed by atoms with E-state index < -0.39 is 10.8 Å². The van der Waals surface area contributed by atoms with E-state index in [2.05, 4.69) is 22.4 Å². The summed E-state index contributed by atoms with van der Waals surface area (Å²) in [5, 5.41) is 21.6. The van der Waals surface area contributed by atoms with Gasteiger partial charge >= 0.3 is 0 Å². The zero-order valence-electron chi connectivity index (χ0n) is 11.8. The molecule has 0 saturated heterocycles. The van der Waals surface area contributed by atoms with Crippen molar-refractivity contribution in [3.8, 4) is 0 Å². The smallest absolute Gasteiger partial charge is 0.270 e. The van der Waals surface area contributed by atoms with Gasteiger partial charge in [-0.15, -0.1) is 10.2 Å². The number of unbranched alkanes of at least 4 members (excludes halogenated alkanes) is 1. The van der Waals surface area contributed by atoms with Crippen LogP contribution in [0.15, 0.2) is 28.6 Å². The minimum absolute atomic E-state index is 0.124. The molecule has 0 radical (unpaired) electrons. The van der Waals surface area contributed by atoms with Crippen molar-refractivity contribution in [1.82, 2.24) is 10.2 Å². The first-order valence-corrected chi connectivity index (χ1v) is 8.42. The van der Waals surface area contributed by atoms with E-state index >= 15 is 0 Å². The molecule has 0 fully saturated rings. The number of hydrogen-bond donors (Lipinski definition) is 1. The summed E-state index contributed by atoms with van der Waals surface area (Å²) in [5.41, 5.74) is 0.0883. The fourth-order valence-corrected chi connectivity index (χ4v) is 3.45. The topological polar surface area (TPSA) is 98.0 Å². The van der Waals surface area contributed by atoms with Gasteiger partial charge in [0.1, 0.15) is 0 Å². The summed E-state index contributed by atoms with van der Waals surface area (Å²) < 4.78 is 0.794. The lowest BCUT2D eigenvalue weighted by molar-refractivity contribution is -0.384. The van der Waals surface area contributed by atoms with E-state index in [0.717, 1.165) is 22.9 Å². The van der Waals surface area contributed by atoms with Gasteiger partial charge in [0.15, 0.2) is 4.34 Å². The van der Waals surface area contributed by atoms with Gasteiger partial charge in [-0.25, -0.2) is 0 Å². The Hall–Kier alpha value is -2.00. The first-order chi connectivity index (χ1) is 10.6. The second kappa shape index (κ2) is 7.85. The highest BCUT2D eigenvalue weighted by atomic mass is 32.2. The van der Waals surface area contributed by atoms with Crippen LogP contribution in [0.3, 0.4) is 0 Å². The van der Waals surface area contributed by atoms with E-state index in [4.69, 9.17) is 0 Å². The maximum absolute atomic E-state index is 12.1. The van der Waals surface area contributed by atoms with Gasteiger partial charge in [0.25, 0.3) is 11.6 Å². The van der Waals surface area contributed by atoms with Crippen LogP contribution in [-0.2, 0) is 0 Å². The average Bonchev–Trinajstić information content (AvgIpc) is 2.95. The van der Waals surface area contributed by atoms with E-state index in [1.807, 2.05) is 0 Å². The highest BCUT2D eigenvalue weighted by molar-refractivity contribution is 8.01. The molecule has 1 N–H and O–H groups in total. The van der Waals surface area contributed by atoms with Crippen molar-refractivity contribution < 1.29 is 9.72 Å². The number of nitrogens with zero attached hydrogens (tertiary/aromatic N) is 3. The third-order valence-corrected chi connectivity index (χ3v) is 4.73. The van der Waals surface area contributed by atoms with E-state index in [-0.39, 0.29) is 11.3 Å². The third kappa shape index (κ3) is 4.50. The van der Waals surface area contributed by atoms with Crippen LogP contribution in [0.25, 0.3) is 0 Å². The van der Waals surface area contributed by atoms with Gasteiger partial charge in [-0.05, 0) is 12.5 Å². The summed E-state index contributed by atoms with van der Waals surface area (Å²) >= 11 is 2.89. The maximum Gasteiger partial charge on any atom is 0.270 e. The minimum Gasteiger partial charge on any atom is -0.296 e. The largest absolute Gasteiger partial charge is 0.296 e. The number of thioether (sulfide) groups is 1. The number of nitrogens with one attached hydrogen (secondary N) is 1. The number of rotatable bonds is 7. The fourth-order valence-electron chi connectivity index (χ4n) is 1.55. The number of benzene rings is 1.